The van der Waals surface area contributed by atoms with Crippen molar-refractivity contribution in [3.8, 4) is 0 Å². The highest BCUT2D eigenvalue weighted by molar-refractivity contribution is 5.96. The Morgan fingerprint density at radius 3 is 1.33 bits per heavy atom. The van der Waals surface area contributed by atoms with E-state index in [1.165, 1.54) is 113 Å². The van der Waals surface area contributed by atoms with Gasteiger partial charge in [0.2, 0.25) is 0 Å². The second-order valence-electron chi connectivity index (χ2n) is 18.8. The highest BCUT2D eigenvalue weighted by atomic mass is 16.5. The first-order valence-corrected chi connectivity index (χ1v) is 23.2. The number of carbonyl (C=O) groups is 2. The van der Waals surface area contributed by atoms with Crippen molar-refractivity contribution in [1.29, 1.82) is 0 Å². The summed E-state index contributed by atoms with van der Waals surface area (Å²) in [6, 6.07) is 20.1. The van der Waals surface area contributed by atoms with Gasteiger partial charge in [-0.05, 0) is 146 Å². The molecule has 4 aliphatic rings. The Kier molecular flexibility index (Phi) is 14.8. The number of benzene rings is 2. The molecule has 4 fully saturated rings. The molecule has 4 heterocycles. The summed E-state index contributed by atoms with van der Waals surface area (Å²) in [6.45, 7) is 16.1. The molecule has 10 heteroatoms. The van der Waals surface area contributed by atoms with Crippen molar-refractivity contribution in [3.63, 3.8) is 0 Å². The largest absolute Gasteiger partial charge is 0.462 e. The van der Waals surface area contributed by atoms with Crippen LogP contribution in [0, 0.1) is 0 Å². The molecule has 0 unspecified atom stereocenters. The number of nitrogens with two attached hydrogens (primary N) is 1. The Hall–Kier alpha value is -4.38. The lowest BCUT2D eigenvalue weighted by molar-refractivity contribution is 0.0525. The van der Waals surface area contributed by atoms with Gasteiger partial charge in [-0.2, -0.15) is 0 Å². The van der Waals surface area contributed by atoms with E-state index in [0.717, 1.165) is 24.5 Å². The lowest BCUT2D eigenvalue weighted by Gasteiger charge is -2.42. The standard InChI is InChI=1S/C26H35N3O2.C25H34N4O/c1-4-31-25(30)22-17-27-24(28-18-22)16-26(12-5-13-26)23-8-6-20(7-9-23)21-10-14-29(15-11-21)19(2)3;1-18(2)29-12-8-20(9-13-29)19-4-6-22(7-5-19)25(10-3-11-25)14-24-27-16-21(17-28-24)23(30)15-26/h6-9,17-19,21H,4-5,10-16H2,1-3H3;4-7,16-18,20H,3,8-15,26H2,1-2H3. The average Bonchev–Trinajstić information content (AvgIpc) is 3.27. The number of esters is 1. The second kappa shape index (κ2) is 20.2. The molecule has 0 amide bonds. The Labute approximate surface area is 364 Å². The van der Waals surface area contributed by atoms with Crippen LogP contribution in [0.15, 0.2) is 73.3 Å². The molecular formula is C51H69N7O3. The molecule has 61 heavy (non-hydrogen) atoms. The number of piperidine rings is 2. The third kappa shape index (κ3) is 10.6. The predicted octanol–water partition coefficient (Wildman–Crippen LogP) is 8.78. The summed E-state index contributed by atoms with van der Waals surface area (Å²) >= 11 is 0. The Morgan fingerprint density at radius 2 is 1.02 bits per heavy atom. The van der Waals surface area contributed by atoms with E-state index >= 15 is 0 Å². The molecule has 2 aliphatic heterocycles. The molecule has 0 radical (unpaired) electrons. The lowest BCUT2D eigenvalue weighted by atomic mass is 9.62. The number of carbonyl (C=O) groups excluding carboxylic acids is 2. The molecule has 8 rings (SSSR count). The van der Waals surface area contributed by atoms with Crippen molar-refractivity contribution < 1.29 is 14.3 Å². The maximum absolute atomic E-state index is 11.8. The number of hydrogen-bond donors (Lipinski definition) is 1. The molecule has 0 atom stereocenters. The summed E-state index contributed by atoms with van der Waals surface area (Å²) in [4.78, 5) is 46.6. The normalized spacial score (nSPS) is 19.4. The van der Waals surface area contributed by atoms with Crippen molar-refractivity contribution in [2.45, 2.75) is 146 Å². The minimum Gasteiger partial charge on any atom is -0.462 e. The van der Waals surface area contributed by atoms with Crippen LogP contribution in [0.4, 0.5) is 0 Å². The van der Waals surface area contributed by atoms with Crippen LogP contribution < -0.4 is 5.73 Å². The molecule has 326 valence electrons. The van der Waals surface area contributed by atoms with Gasteiger partial charge in [-0.25, -0.2) is 24.7 Å². The van der Waals surface area contributed by atoms with Crippen LogP contribution >= 0.6 is 0 Å². The summed E-state index contributed by atoms with van der Waals surface area (Å²) in [6.07, 6.45) is 20.3. The molecule has 2 aromatic heterocycles. The van der Waals surface area contributed by atoms with E-state index in [0.29, 0.717) is 41.7 Å². The van der Waals surface area contributed by atoms with E-state index in [2.05, 4.69) is 106 Å². The van der Waals surface area contributed by atoms with E-state index < -0.39 is 0 Å². The van der Waals surface area contributed by atoms with Gasteiger partial charge in [-0.1, -0.05) is 61.4 Å². The van der Waals surface area contributed by atoms with Crippen molar-refractivity contribution in [2.75, 3.05) is 39.3 Å². The van der Waals surface area contributed by atoms with Gasteiger partial charge in [0, 0.05) is 60.5 Å². The summed E-state index contributed by atoms with van der Waals surface area (Å²) in [5, 5.41) is 0. The smallest absolute Gasteiger partial charge is 0.341 e. The highest BCUT2D eigenvalue weighted by Crippen LogP contribution is 2.47. The molecule has 2 saturated carbocycles. The van der Waals surface area contributed by atoms with E-state index in [-0.39, 0.29) is 29.1 Å². The van der Waals surface area contributed by atoms with E-state index in [4.69, 9.17) is 10.5 Å². The number of ether oxygens (including phenoxy) is 1. The molecule has 2 N–H and O–H groups in total. The van der Waals surface area contributed by atoms with Crippen molar-refractivity contribution in [3.05, 3.63) is 118 Å². The molecule has 2 saturated heterocycles. The van der Waals surface area contributed by atoms with Gasteiger partial charge >= 0.3 is 5.97 Å². The van der Waals surface area contributed by atoms with Crippen LogP contribution in [0.5, 0.6) is 0 Å². The van der Waals surface area contributed by atoms with Crippen LogP contribution in [-0.2, 0) is 28.4 Å². The Balaban J connectivity index is 0.000000184. The van der Waals surface area contributed by atoms with E-state index in [9.17, 15) is 9.59 Å². The second-order valence-corrected chi connectivity index (χ2v) is 18.8. The van der Waals surface area contributed by atoms with Crippen LogP contribution in [0.2, 0.25) is 0 Å². The zero-order valence-corrected chi connectivity index (χ0v) is 37.5. The van der Waals surface area contributed by atoms with Gasteiger partial charge in [0.05, 0.1) is 24.3 Å². The molecule has 2 aliphatic carbocycles. The molecule has 2 aromatic carbocycles. The fraction of sp³-hybridized carbons (Fsp3) is 0.569. The first kappa shape index (κ1) is 44.7. The van der Waals surface area contributed by atoms with E-state index in [1.54, 1.807) is 31.7 Å². The zero-order chi connectivity index (χ0) is 43.0. The lowest BCUT2D eigenvalue weighted by Crippen LogP contribution is -2.38. The minimum absolute atomic E-state index is 0.00448. The number of Topliss-reactive ketones (excluding diaryl/α,β-unsaturated/α-hetero) is 1. The van der Waals surface area contributed by atoms with Crippen molar-refractivity contribution in [2.24, 2.45) is 5.73 Å². The van der Waals surface area contributed by atoms with E-state index in [1.807, 2.05) is 0 Å². The van der Waals surface area contributed by atoms with Gasteiger partial charge in [0.15, 0.2) is 5.78 Å². The Bertz CT molecular complexity index is 2010. The zero-order valence-electron chi connectivity index (χ0n) is 37.5. The fourth-order valence-electron chi connectivity index (χ4n) is 10.1. The van der Waals surface area contributed by atoms with Crippen molar-refractivity contribution in [1.82, 2.24) is 29.7 Å². The molecule has 0 spiro atoms. The molecule has 10 nitrogen and oxygen atoms in total. The molecule has 4 aromatic rings. The van der Waals surface area contributed by atoms with Gasteiger partial charge < -0.3 is 20.3 Å². The third-order valence-electron chi connectivity index (χ3n) is 14.6. The number of likely N-dealkylation sites (tertiary alicyclic amines) is 2. The topological polar surface area (TPSA) is 127 Å². The number of hydrogen-bond acceptors (Lipinski definition) is 10. The SMILES string of the molecule is CC(C)N1CCC(c2ccc(C3(Cc4ncc(C(=O)CN)cn4)CCC3)cc2)CC1.CCOC(=O)c1cnc(CC2(c3ccc(C4CCN(C(C)C)CC4)cc3)CCC2)nc1. The summed E-state index contributed by atoms with van der Waals surface area (Å²) in [7, 11) is 0. The maximum atomic E-state index is 11.8. The number of aromatic nitrogens is 4. The van der Waals surface area contributed by atoms with Crippen molar-refractivity contribution >= 4 is 11.8 Å². The summed E-state index contributed by atoms with van der Waals surface area (Å²) in [5.74, 6) is 2.51. The molecule has 0 bridgehead atoms. The van der Waals surface area contributed by atoms with Crippen LogP contribution in [0.25, 0.3) is 0 Å². The predicted molar refractivity (Wildman–Crippen MR) is 242 cm³/mol. The van der Waals surface area contributed by atoms with Gasteiger partial charge in [-0.3, -0.25) is 4.79 Å². The monoisotopic (exact) mass is 828 g/mol. The third-order valence-corrected chi connectivity index (χ3v) is 14.6. The Morgan fingerprint density at radius 1 is 0.639 bits per heavy atom. The number of rotatable bonds is 14. The van der Waals surface area contributed by atoms with Crippen LogP contribution in [-0.4, -0.2) is 92.9 Å². The minimum atomic E-state index is -0.359. The van der Waals surface area contributed by atoms with Gasteiger partial charge in [0.25, 0.3) is 0 Å². The van der Waals surface area contributed by atoms with Crippen LogP contribution in [0.3, 0.4) is 0 Å². The fourth-order valence-corrected chi connectivity index (χ4v) is 10.1. The van der Waals surface area contributed by atoms with Gasteiger partial charge in [0.1, 0.15) is 11.6 Å². The molecular weight excluding hydrogens is 759 g/mol. The summed E-state index contributed by atoms with van der Waals surface area (Å²) in [5.41, 5.74) is 12.4. The first-order valence-electron chi connectivity index (χ1n) is 23.2. The van der Waals surface area contributed by atoms with Gasteiger partial charge in [-0.15, -0.1) is 0 Å². The summed E-state index contributed by atoms with van der Waals surface area (Å²) < 4.78 is 5.03. The average molecular weight is 828 g/mol. The number of nitrogens with zero attached hydrogens (tertiary/aromatic N) is 6. The maximum Gasteiger partial charge on any atom is 0.341 e. The highest BCUT2D eigenvalue weighted by Gasteiger charge is 2.41. The first-order chi connectivity index (χ1) is 29.5. The van der Waals surface area contributed by atoms with Crippen LogP contribution in [0.1, 0.15) is 165 Å². The quantitative estimate of drug-likeness (QED) is 0.0974. The number of ketones is 1.